The van der Waals surface area contributed by atoms with Crippen LogP contribution in [0.5, 0.6) is 11.5 Å². The molecule has 10 rings (SSSR count). The summed E-state index contributed by atoms with van der Waals surface area (Å²) in [4.78, 5) is 57.5. The average molecular weight is 971 g/mol. The fraction of sp³-hybridized carbons (Fsp3) is 0.509. The van der Waals surface area contributed by atoms with Gasteiger partial charge in [0.25, 0.3) is 0 Å². The lowest BCUT2D eigenvalue weighted by Crippen LogP contribution is -2.52. The molecule has 8 aliphatic rings. The molecule has 0 bridgehead atoms. The number of hydrogen-bond acceptors (Lipinski definition) is 10. The number of hydrazone groups is 1. The maximum Gasteiger partial charge on any atom is 0.329 e. The van der Waals surface area contributed by atoms with Crippen molar-refractivity contribution in [3.63, 3.8) is 0 Å². The van der Waals surface area contributed by atoms with E-state index in [4.69, 9.17) is 20.3 Å². The van der Waals surface area contributed by atoms with Crippen molar-refractivity contribution in [1.82, 2.24) is 30.3 Å². The maximum atomic E-state index is 16.4. The number of carbonyl (C=O) groups is 4. The first-order chi connectivity index (χ1) is 34.3. The Balaban J connectivity index is 0.742. The highest BCUT2D eigenvalue weighted by molar-refractivity contribution is 6.13. The number of imide groups is 1. The molecule has 374 valence electrons. The summed E-state index contributed by atoms with van der Waals surface area (Å²) in [5.74, 6) is -0.878. The minimum Gasteiger partial charge on any atom is -0.494 e. The third-order valence-electron chi connectivity index (χ3n) is 16.6. The van der Waals surface area contributed by atoms with Crippen LogP contribution in [0.1, 0.15) is 98.5 Å². The highest BCUT2D eigenvalue weighted by Crippen LogP contribution is 2.56. The molecule has 2 aromatic carbocycles. The van der Waals surface area contributed by atoms with Gasteiger partial charge in [0.15, 0.2) is 23.0 Å². The molecule has 4 atom stereocenters. The van der Waals surface area contributed by atoms with E-state index in [1.54, 1.807) is 17.9 Å². The molecule has 16 heteroatoms. The number of rotatable bonds is 12. The molecule has 71 heavy (non-hydrogen) atoms. The summed E-state index contributed by atoms with van der Waals surface area (Å²) in [5, 5.41) is 12.9. The number of likely N-dealkylation sites (tertiary alicyclic amines) is 2. The summed E-state index contributed by atoms with van der Waals surface area (Å²) >= 11 is 0. The molecule has 4 fully saturated rings. The number of likely N-dealkylation sites (N-methyl/N-ethyl adjacent to an activating group) is 1. The molecular formula is C55H64F2N8O6. The summed E-state index contributed by atoms with van der Waals surface area (Å²) in [6.45, 7) is 8.94. The number of hydrogen-bond donors (Lipinski definition) is 3. The normalized spacial score (nSPS) is 27.5. The average Bonchev–Trinajstić information content (AvgIpc) is 4.07. The SMILES string of the molecule is CCC1c2c(cc(F)c(C)c2-c2c(C(N)=O)ccc(OC)c2F)O[C@]1(CNC1CCC(C(=O)N2CCC(CN3CCC(C4=CC=C5C(N6CCC(=O)NC6=O)=NN(C)C5C4)C3)CC2)CC1)C1=C=C=CC=C1. The van der Waals surface area contributed by atoms with E-state index in [0.717, 1.165) is 89.7 Å². The van der Waals surface area contributed by atoms with Gasteiger partial charge in [-0.15, -0.1) is 0 Å². The summed E-state index contributed by atoms with van der Waals surface area (Å²) in [5.41, 5.74) is 15.0. The van der Waals surface area contributed by atoms with Crippen molar-refractivity contribution in [3.05, 3.63) is 105 Å². The van der Waals surface area contributed by atoms with E-state index in [1.165, 1.54) is 30.9 Å². The van der Waals surface area contributed by atoms with Gasteiger partial charge in [-0.2, -0.15) is 5.10 Å². The number of nitrogens with two attached hydrogens (primary N) is 1. The Kier molecular flexibility index (Phi) is 13.4. The van der Waals surface area contributed by atoms with Crippen molar-refractivity contribution in [1.29, 1.82) is 0 Å². The van der Waals surface area contributed by atoms with Gasteiger partial charge in [0.1, 0.15) is 11.6 Å². The largest absolute Gasteiger partial charge is 0.494 e. The number of fused-ring (bicyclic) bond motifs is 2. The zero-order valence-corrected chi connectivity index (χ0v) is 41.1. The first-order valence-electron chi connectivity index (χ1n) is 25.4. The van der Waals surface area contributed by atoms with Gasteiger partial charge in [0.05, 0.1) is 18.7 Å². The number of primary amides is 1. The summed E-state index contributed by atoms with van der Waals surface area (Å²) in [6.07, 6.45) is 17.8. The number of amides is 5. The van der Waals surface area contributed by atoms with Crippen LogP contribution in [0.2, 0.25) is 0 Å². The summed E-state index contributed by atoms with van der Waals surface area (Å²) < 4.78 is 44.6. The number of benzene rings is 2. The smallest absolute Gasteiger partial charge is 0.329 e. The number of nitrogens with one attached hydrogen (secondary N) is 2. The molecule has 3 saturated heterocycles. The van der Waals surface area contributed by atoms with Crippen LogP contribution in [0, 0.1) is 36.3 Å². The van der Waals surface area contributed by atoms with Crippen molar-refractivity contribution in [2.45, 2.75) is 102 Å². The van der Waals surface area contributed by atoms with Crippen LogP contribution in [-0.2, 0) is 9.59 Å². The Bertz CT molecular complexity index is 2770. The topological polar surface area (TPSA) is 162 Å². The molecule has 14 nitrogen and oxygen atoms in total. The Morgan fingerprint density at radius 1 is 1.04 bits per heavy atom. The number of urea groups is 1. The minimum absolute atomic E-state index is 0.0315. The molecule has 0 spiro atoms. The van der Waals surface area contributed by atoms with Gasteiger partial charge in [-0.05, 0) is 119 Å². The lowest BCUT2D eigenvalue weighted by Gasteiger charge is -2.39. The highest BCUT2D eigenvalue weighted by Gasteiger charge is 2.52. The molecule has 0 aromatic heterocycles. The Hall–Kier alpha value is -6.31. The number of methoxy groups -OCH3 is 1. The molecule has 2 aromatic rings. The minimum atomic E-state index is -1.08. The van der Waals surface area contributed by atoms with Crippen LogP contribution >= 0.6 is 0 Å². The number of halogens is 2. The van der Waals surface area contributed by atoms with Gasteiger partial charge < -0.3 is 30.3 Å². The predicted octanol–water partition coefficient (Wildman–Crippen LogP) is 7.01. The van der Waals surface area contributed by atoms with Crippen molar-refractivity contribution >= 4 is 29.6 Å². The zero-order valence-electron chi connectivity index (χ0n) is 41.1. The van der Waals surface area contributed by atoms with Gasteiger partial charge in [-0.1, -0.05) is 42.2 Å². The second kappa shape index (κ2) is 19.7. The van der Waals surface area contributed by atoms with Crippen LogP contribution in [0.3, 0.4) is 0 Å². The van der Waals surface area contributed by atoms with Crippen LogP contribution in [0.4, 0.5) is 13.6 Å². The van der Waals surface area contributed by atoms with E-state index in [-0.39, 0.29) is 70.0 Å². The Morgan fingerprint density at radius 3 is 2.54 bits per heavy atom. The van der Waals surface area contributed by atoms with Gasteiger partial charge in [-0.25, -0.2) is 13.6 Å². The molecular weight excluding hydrogens is 907 g/mol. The van der Waals surface area contributed by atoms with E-state index < -0.39 is 35.1 Å². The fourth-order valence-electron chi connectivity index (χ4n) is 12.7. The van der Waals surface area contributed by atoms with Crippen LogP contribution in [0.25, 0.3) is 11.1 Å². The van der Waals surface area contributed by atoms with E-state index >= 15 is 8.78 Å². The van der Waals surface area contributed by atoms with Crippen molar-refractivity contribution in [2.24, 2.45) is 28.6 Å². The van der Waals surface area contributed by atoms with Crippen LogP contribution in [-0.4, -0.2) is 127 Å². The van der Waals surface area contributed by atoms with Crippen molar-refractivity contribution < 1.29 is 37.4 Å². The molecule has 4 N–H and O–H groups in total. The number of carbonyl (C=O) groups excluding carboxylic acids is 4. The molecule has 1 saturated carbocycles. The Morgan fingerprint density at radius 2 is 1.83 bits per heavy atom. The first kappa shape index (κ1) is 48.3. The molecule has 3 aliphatic carbocycles. The standard InChI is InChI=1S/C55H64F2N8O6/c1-5-41-49-45(28-42(56)32(2)47(49)48-40(51(58)67)17-18-44(70-4)50(48)57)71-55(41,37-9-7-6-8-10-37)31-59-38-14-11-34(12-15-38)53(68)64-24-19-33(20-25-64)29-63-23-21-36(30-63)35-13-16-39-43(27-35)62(3)61-52(39)65-26-22-46(66)60-54(65)69/h6-7,9,13,16-18,28,33-34,36,38,41,43,59H,5,11-12,14-15,19-27,29-31H2,1-4H3,(H2,58,67)(H,60,66,69)/t34?,36?,38?,41?,43?,55-/m1/s1. The summed E-state index contributed by atoms with van der Waals surface area (Å²) in [7, 11) is 3.29. The lowest BCUT2D eigenvalue weighted by atomic mass is 9.73. The van der Waals surface area contributed by atoms with E-state index in [1.807, 2.05) is 31.1 Å². The van der Waals surface area contributed by atoms with Gasteiger partial charge in [0, 0.05) is 99.0 Å². The molecule has 0 radical (unpaired) electrons. The van der Waals surface area contributed by atoms with Gasteiger partial charge >= 0.3 is 6.03 Å². The number of piperidine rings is 1. The second-order valence-electron chi connectivity index (χ2n) is 20.6. The maximum absolute atomic E-state index is 16.4. The fourth-order valence-corrected chi connectivity index (χ4v) is 12.7. The van der Waals surface area contributed by atoms with E-state index in [0.29, 0.717) is 48.3 Å². The van der Waals surface area contributed by atoms with Crippen molar-refractivity contribution in [3.8, 4) is 22.6 Å². The summed E-state index contributed by atoms with van der Waals surface area (Å²) in [6, 6.07) is 3.88. The number of allylic oxidation sites excluding steroid dienone is 4. The van der Waals surface area contributed by atoms with Crippen LogP contribution < -0.4 is 25.8 Å². The Labute approximate surface area is 414 Å². The van der Waals surface area contributed by atoms with Gasteiger partial charge in [0.2, 0.25) is 17.7 Å². The number of nitrogens with zero attached hydrogens (tertiary/aromatic N) is 5. The molecule has 5 aliphatic heterocycles. The predicted molar refractivity (Wildman–Crippen MR) is 264 cm³/mol. The second-order valence-corrected chi connectivity index (χ2v) is 20.6. The monoisotopic (exact) mass is 970 g/mol. The quantitative estimate of drug-likeness (QED) is 0.190. The number of amidine groups is 1. The highest BCUT2D eigenvalue weighted by atomic mass is 19.1. The van der Waals surface area contributed by atoms with E-state index in [2.05, 4.69) is 44.0 Å². The number of ether oxygens (including phenoxy) is 2. The van der Waals surface area contributed by atoms with Gasteiger partial charge in [-0.3, -0.25) is 29.6 Å². The van der Waals surface area contributed by atoms with E-state index in [9.17, 15) is 19.2 Å². The van der Waals surface area contributed by atoms with Crippen molar-refractivity contribution in [2.75, 3.05) is 60.0 Å². The lowest BCUT2D eigenvalue weighted by molar-refractivity contribution is -0.138. The third-order valence-corrected chi connectivity index (χ3v) is 16.6. The van der Waals surface area contributed by atoms with Crippen LogP contribution in [0.15, 0.2) is 81.9 Å². The first-order valence-corrected chi connectivity index (χ1v) is 25.4. The molecule has 5 heterocycles. The molecule has 5 amide bonds. The molecule has 3 unspecified atom stereocenters. The zero-order chi connectivity index (χ0) is 49.7. The third kappa shape index (κ3) is 8.94.